The highest BCUT2D eigenvalue weighted by molar-refractivity contribution is 6.04. The molecule has 2 aliphatic heterocycles. The Morgan fingerprint density at radius 2 is 1.97 bits per heavy atom. The van der Waals surface area contributed by atoms with E-state index < -0.39 is 5.91 Å². The number of carbonyl (C=O) groups excluding carboxylic acids is 2. The van der Waals surface area contributed by atoms with Gasteiger partial charge in [-0.3, -0.25) is 9.59 Å². The van der Waals surface area contributed by atoms with E-state index in [2.05, 4.69) is 25.2 Å². The van der Waals surface area contributed by atoms with Crippen LogP contribution in [0.15, 0.2) is 36.8 Å². The van der Waals surface area contributed by atoms with Crippen molar-refractivity contribution in [3.8, 4) is 0 Å². The number of imidazole rings is 1. The van der Waals surface area contributed by atoms with Crippen LogP contribution >= 0.6 is 0 Å². The number of fused-ring (bicyclic) bond motifs is 3. The molecule has 154 valence electrons. The van der Waals surface area contributed by atoms with Crippen LogP contribution in [-0.4, -0.2) is 49.8 Å². The van der Waals surface area contributed by atoms with Crippen molar-refractivity contribution < 1.29 is 9.59 Å². The Kier molecular flexibility index (Phi) is 4.42. The lowest BCUT2D eigenvalue weighted by atomic mass is 9.95. The topological polar surface area (TPSA) is 117 Å². The number of carbonyl (C=O) groups is 2. The number of nitrogens with zero attached hydrogens (tertiary/aromatic N) is 3. The van der Waals surface area contributed by atoms with Crippen molar-refractivity contribution in [3.05, 3.63) is 53.5 Å². The third-order valence-electron chi connectivity index (χ3n) is 6.30. The van der Waals surface area contributed by atoms with Gasteiger partial charge in [-0.25, -0.2) is 9.97 Å². The molecular formula is C22H24N6O2. The molecule has 2 aliphatic rings. The fourth-order valence-electron chi connectivity index (χ4n) is 4.99. The van der Waals surface area contributed by atoms with Crippen LogP contribution in [0.2, 0.25) is 0 Å². The summed E-state index contributed by atoms with van der Waals surface area (Å²) >= 11 is 0. The van der Waals surface area contributed by atoms with Crippen LogP contribution in [0.25, 0.3) is 11.2 Å². The van der Waals surface area contributed by atoms with Gasteiger partial charge in [0.15, 0.2) is 5.65 Å². The molecule has 0 saturated carbocycles. The molecule has 1 aromatic carbocycles. The molecule has 30 heavy (non-hydrogen) atoms. The average Bonchev–Trinajstić information content (AvgIpc) is 3.30. The van der Waals surface area contributed by atoms with E-state index >= 15 is 0 Å². The average molecular weight is 404 g/mol. The van der Waals surface area contributed by atoms with Gasteiger partial charge in [0.25, 0.3) is 11.8 Å². The molecule has 2 fully saturated rings. The van der Waals surface area contributed by atoms with E-state index in [0.29, 0.717) is 22.4 Å². The summed E-state index contributed by atoms with van der Waals surface area (Å²) in [5, 5.41) is 3.52. The number of amides is 2. The molecule has 0 unspecified atom stereocenters. The van der Waals surface area contributed by atoms with E-state index in [1.807, 2.05) is 31.2 Å². The minimum atomic E-state index is -0.531. The van der Waals surface area contributed by atoms with E-state index in [1.54, 1.807) is 6.33 Å². The minimum absolute atomic E-state index is 0.113. The third kappa shape index (κ3) is 3.08. The number of piperidine rings is 1. The number of nitrogens with two attached hydrogens (primary N) is 1. The first kappa shape index (κ1) is 18.6. The van der Waals surface area contributed by atoms with E-state index in [0.717, 1.165) is 36.8 Å². The number of primary amides is 1. The van der Waals surface area contributed by atoms with Crippen molar-refractivity contribution in [3.63, 3.8) is 0 Å². The van der Waals surface area contributed by atoms with Crippen molar-refractivity contribution in [1.82, 2.24) is 19.9 Å². The Morgan fingerprint density at radius 3 is 2.67 bits per heavy atom. The number of H-pyrrole nitrogens is 1. The van der Waals surface area contributed by atoms with E-state index in [-0.39, 0.29) is 24.0 Å². The minimum Gasteiger partial charge on any atom is -0.380 e. The maximum atomic E-state index is 13.2. The summed E-state index contributed by atoms with van der Waals surface area (Å²) in [5.41, 5.74) is 9.63. The number of aromatic nitrogens is 3. The normalized spacial score (nSPS) is 23.0. The molecule has 0 spiro atoms. The molecule has 8 heteroatoms. The maximum absolute atomic E-state index is 13.2. The molecule has 4 N–H and O–H groups in total. The Hall–Kier alpha value is -3.42. The predicted octanol–water partition coefficient (Wildman–Crippen LogP) is 2.61. The summed E-state index contributed by atoms with van der Waals surface area (Å²) in [5.74, 6) is -0.418. The highest BCUT2D eigenvalue weighted by atomic mass is 16.2. The lowest BCUT2D eigenvalue weighted by Crippen LogP contribution is -2.49. The van der Waals surface area contributed by atoms with Crippen LogP contribution in [-0.2, 0) is 0 Å². The van der Waals surface area contributed by atoms with Gasteiger partial charge in [0.2, 0.25) is 0 Å². The largest absolute Gasteiger partial charge is 0.380 e. The summed E-state index contributed by atoms with van der Waals surface area (Å²) in [6.45, 7) is 2.00. The first-order valence-electron chi connectivity index (χ1n) is 10.3. The fraction of sp³-hybridized carbons (Fsp3) is 0.364. The lowest BCUT2D eigenvalue weighted by molar-refractivity contribution is 0.0583. The Morgan fingerprint density at radius 1 is 1.20 bits per heavy atom. The van der Waals surface area contributed by atoms with Gasteiger partial charge in [-0.2, -0.15) is 0 Å². The van der Waals surface area contributed by atoms with Crippen LogP contribution < -0.4 is 11.1 Å². The number of benzene rings is 1. The molecule has 4 heterocycles. The summed E-state index contributed by atoms with van der Waals surface area (Å²) in [6.07, 6.45) is 6.67. The Balaban J connectivity index is 1.39. The van der Waals surface area contributed by atoms with Crippen molar-refractivity contribution >= 4 is 28.7 Å². The van der Waals surface area contributed by atoms with Gasteiger partial charge in [0.05, 0.1) is 17.6 Å². The highest BCUT2D eigenvalue weighted by Crippen LogP contribution is 2.38. The van der Waals surface area contributed by atoms with Crippen LogP contribution in [0.3, 0.4) is 0 Å². The monoisotopic (exact) mass is 404 g/mol. The van der Waals surface area contributed by atoms with Crippen LogP contribution in [0.4, 0.5) is 5.69 Å². The predicted molar refractivity (Wildman–Crippen MR) is 113 cm³/mol. The van der Waals surface area contributed by atoms with Crippen LogP contribution in [0, 0.1) is 6.92 Å². The number of hydrogen-bond acceptors (Lipinski definition) is 5. The zero-order valence-electron chi connectivity index (χ0n) is 16.8. The molecule has 5 rings (SSSR count). The number of hydrogen-bond donors (Lipinski definition) is 3. The second-order valence-electron chi connectivity index (χ2n) is 8.29. The highest BCUT2D eigenvalue weighted by Gasteiger charge is 2.43. The summed E-state index contributed by atoms with van der Waals surface area (Å²) < 4.78 is 0. The second kappa shape index (κ2) is 7.12. The smallest absolute Gasteiger partial charge is 0.254 e. The molecule has 2 bridgehead atoms. The van der Waals surface area contributed by atoms with E-state index in [4.69, 9.17) is 5.73 Å². The number of aromatic amines is 1. The fourth-order valence-corrected chi connectivity index (χ4v) is 4.99. The van der Waals surface area contributed by atoms with E-state index in [9.17, 15) is 9.59 Å². The second-order valence-corrected chi connectivity index (χ2v) is 8.29. The molecule has 2 atom stereocenters. The Labute approximate surface area is 173 Å². The molecule has 3 aromatic rings. The molecule has 0 aliphatic carbocycles. The summed E-state index contributed by atoms with van der Waals surface area (Å²) in [6, 6.07) is 8.29. The molecular weight excluding hydrogens is 380 g/mol. The van der Waals surface area contributed by atoms with Gasteiger partial charge < -0.3 is 20.9 Å². The molecule has 2 amide bonds. The van der Waals surface area contributed by atoms with Crippen molar-refractivity contribution in [2.45, 2.75) is 50.7 Å². The molecule has 2 aromatic heterocycles. The molecule has 2 saturated heterocycles. The zero-order valence-corrected chi connectivity index (χ0v) is 16.8. The van der Waals surface area contributed by atoms with Gasteiger partial charge >= 0.3 is 0 Å². The van der Waals surface area contributed by atoms with Crippen molar-refractivity contribution in [2.75, 3.05) is 5.32 Å². The maximum Gasteiger partial charge on any atom is 0.254 e. The SMILES string of the molecule is Cc1cccc(C(=O)N2[C@H]3CC[C@H]2CC(Nc2c(C(N)=O)cnc4nc[nH]c24)C3)c1. The first-order valence-corrected chi connectivity index (χ1v) is 10.3. The molecule has 0 radical (unpaired) electrons. The number of rotatable bonds is 4. The quantitative estimate of drug-likeness (QED) is 0.618. The Bertz CT molecular complexity index is 1130. The van der Waals surface area contributed by atoms with Crippen molar-refractivity contribution in [2.24, 2.45) is 5.73 Å². The standard InChI is InChI=1S/C22H24N6O2/c1-12-3-2-4-13(7-12)22(30)28-15-5-6-16(28)9-14(8-15)27-18-17(20(23)29)10-24-21-19(18)25-11-26-21/h2-4,7,10-11,14-16H,5-6,8-9H2,1H3,(H2,23,29)(H2,24,25,26,27)/t15-,16-/m0/s1. The molecule has 8 nitrogen and oxygen atoms in total. The summed E-state index contributed by atoms with van der Waals surface area (Å²) in [4.78, 5) is 38.6. The van der Waals surface area contributed by atoms with Crippen molar-refractivity contribution in [1.29, 1.82) is 0 Å². The van der Waals surface area contributed by atoms with Gasteiger partial charge in [-0.15, -0.1) is 0 Å². The first-order chi connectivity index (χ1) is 14.5. The zero-order chi connectivity index (χ0) is 20.8. The van der Waals surface area contributed by atoms with Gasteiger partial charge in [-0.1, -0.05) is 17.7 Å². The van der Waals surface area contributed by atoms with Gasteiger partial charge in [-0.05, 0) is 44.7 Å². The van der Waals surface area contributed by atoms with E-state index in [1.165, 1.54) is 6.20 Å². The third-order valence-corrected chi connectivity index (χ3v) is 6.30. The summed E-state index contributed by atoms with van der Waals surface area (Å²) in [7, 11) is 0. The number of aryl methyl sites for hydroxylation is 1. The number of nitrogens with one attached hydrogen (secondary N) is 2. The van der Waals surface area contributed by atoms with Crippen LogP contribution in [0.1, 0.15) is 52.0 Å². The van der Waals surface area contributed by atoms with Crippen LogP contribution in [0.5, 0.6) is 0 Å². The van der Waals surface area contributed by atoms with Gasteiger partial charge in [0.1, 0.15) is 5.52 Å². The lowest BCUT2D eigenvalue weighted by Gasteiger charge is -2.39. The van der Waals surface area contributed by atoms with Gasteiger partial charge in [0, 0.05) is 29.9 Å². The number of pyridine rings is 1. The number of anilines is 1.